The fraction of sp³-hybridized carbons (Fsp3) is 0.400. The normalized spacial score (nSPS) is 15.2. The molecule has 0 N–H and O–H groups in total. The van der Waals surface area contributed by atoms with Crippen molar-refractivity contribution < 1.29 is 14.3 Å². The van der Waals surface area contributed by atoms with Gasteiger partial charge in [0.05, 0.1) is 0 Å². The summed E-state index contributed by atoms with van der Waals surface area (Å²) >= 11 is 0. The molecule has 0 atom stereocenters. The van der Waals surface area contributed by atoms with Crippen LogP contribution in [0.2, 0.25) is 0 Å². The van der Waals surface area contributed by atoms with Gasteiger partial charge in [-0.25, -0.2) is 0 Å². The molecule has 0 spiro atoms. The average molecular weight is 340 g/mol. The lowest BCUT2D eigenvalue weighted by Gasteiger charge is -2.32. The summed E-state index contributed by atoms with van der Waals surface area (Å²) in [4.78, 5) is 18.5. The summed E-state index contributed by atoms with van der Waals surface area (Å²) < 4.78 is 11.2. The summed E-state index contributed by atoms with van der Waals surface area (Å²) in [7, 11) is 0. The van der Waals surface area contributed by atoms with E-state index in [0.29, 0.717) is 17.2 Å². The van der Waals surface area contributed by atoms with E-state index in [1.165, 1.54) is 0 Å². The fourth-order valence-electron chi connectivity index (χ4n) is 2.98. The topological polar surface area (TPSA) is 51.7 Å². The molecule has 0 unspecified atom stereocenters. The van der Waals surface area contributed by atoms with Crippen LogP contribution in [0.15, 0.2) is 48.8 Å². The van der Waals surface area contributed by atoms with Crippen LogP contribution >= 0.6 is 0 Å². The lowest BCUT2D eigenvalue weighted by Crippen LogP contribution is -2.39. The number of nitrogens with zero attached hydrogens (tertiary/aromatic N) is 2. The second kappa shape index (κ2) is 8.62. The molecule has 5 nitrogen and oxygen atoms in total. The van der Waals surface area contributed by atoms with Crippen LogP contribution in [0.4, 0.5) is 0 Å². The Bertz CT molecular complexity index is 665. The Balaban J connectivity index is 1.54. The van der Waals surface area contributed by atoms with Crippen molar-refractivity contribution in [2.24, 2.45) is 5.92 Å². The van der Waals surface area contributed by atoms with Crippen molar-refractivity contribution >= 4 is 5.91 Å². The maximum atomic E-state index is 12.6. The number of carbonyl (C=O) groups excluding carboxylic acids is 1. The van der Waals surface area contributed by atoms with Crippen molar-refractivity contribution in [2.75, 3.05) is 26.3 Å². The number of ether oxygens (including phenoxy) is 2. The SMILES string of the molecule is CCOCC1CCN(C(=O)c2ccc(Oc3ccncc3)cc2)CC1. The highest BCUT2D eigenvalue weighted by atomic mass is 16.5. The van der Waals surface area contributed by atoms with Gasteiger partial charge in [0.25, 0.3) is 5.91 Å². The van der Waals surface area contributed by atoms with Gasteiger partial charge in [0, 0.05) is 44.3 Å². The summed E-state index contributed by atoms with van der Waals surface area (Å²) in [6.07, 6.45) is 5.38. The molecule has 132 valence electrons. The van der Waals surface area contributed by atoms with Crippen LogP contribution in [0.5, 0.6) is 11.5 Å². The first-order valence-corrected chi connectivity index (χ1v) is 8.81. The van der Waals surface area contributed by atoms with Crippen LogP contribution in [0.25, 0.3) is 0 Å². The van der Waals surface area contributed by atoms with E-state index in [2.05, 4.69) is 4.98 Å². The smallest absolute Gasteiger partial charge is 0.253 e. The lowest BCUT2D eigenvalue weighted by atomic mass is 9.97. The predicted octanol–water partition coefficient (Wildman–Crippen LogP) is 3.76. The van der Waals surface area contributed by atoms with Crippen molar-refractivity contribution in [2.45, 2.75) is 19.8 Å². The van der Waals surface area contributed by atoms with E-state index in [9.17, 15) is 4.79 Å². The molecule has 1 aromatic heterocycles. The molecule has 5 heteroatoms. The van der Waals surface area contributed by atoms with Crippen molar-refractivity contribution in [1.82, 2.24) is 9.88 Å². The van der Waals surface area contributed by atoms with Crippen molar-refractivity contribution in [3.63, 3.8) is 0 Å². The summed E-state index contributed by atoms with van der Waals surface area (Å²) in [5.41, 5.74) is 0.699. The number of carbonyl (C=O) groups is 1. The van der Waals surface area contributed by atoms with E-state index in [-0.39, 0.29) is 5.91 Å². The molecular weight excluding hydrogens is 316 g/mol. The van der Waals surface area contributed by atoms with Crippen LogP contribution in [-0.2, 0) is 4.74 Å². The summed E-state index contributed by atoms with van der Waals surface area (Å²) in [5, 5.41) is 0. The number of likely N-dealkylation sites (tertiary alicyclic amines) is 1. The summed E-state index contributed by atoms with van der Waals surface area (Å²) in [5.74, 6) is 2.09. The molecule has 1 fully saturated rings. The van der Waals surface area contributed by atoms with E-state index in [1.54, 1.807) is 24.5 Å². The second-order valence-electron chi connectivity index (χ2n) is 6.20. The van der Waals surface area contributed by atoms with Gasteiger partial charge >= 0.3 is 0 Å². The minimum atomic E-state index is 0.0883. The van der Waals surface area contributed by atoms with Crippen molar-refractivity contribution in [3.05, 3.63) is 54.4 Å². The van der Waals surface area contributed by atoms with E-state index in [0.717, 1.165) is 44.9 Å². The first kappa shape index (κ1) is 17.4. The van der Waals surface area contributed by atoms with Crippen LogP contribution in [0.1, 0.15) is 30.1 Å². The third-order valence-corrected chi connectivity index (χ3v) is 4.45. The third kappa shape index (κ3) is 4.79. The minimum absolute atomic E-state index is 0.0883. The molecule has 3 rings (SSSR count). The molecule has 1 amide bonds. The van der Waals surface area contributed by atoms with Gasteiger partial charge in [-0.05, 0) is 62.1 Å². The molecule has 0 radical (unpaired) electrons. The number of amides is 1. The zero-order valence-electron chi connectivity index (χ0n) is 14.6. The molecule has 1 aliphatic heterocycles. The summed E-state index contributed by atoms with van der Waals surface area (Å²) in [6, 6.07) is 10.9. The maximum Gasteiger partial charge on any atom is 0.253 e. The van der Waals surface area contributed by atoms with E-state index in [4.69, 9.17) is 9.47 Å². The Morgan fingerprint density at radius 3 is 2.36 bits per heavy atom. The fourth-order valence-corrected chi connectivity index (χ4v) is 2.98. The highest BCUT2D eigenvalue weighted by Crippen LogP contribution is 2.23. The number of benzene rings is 1. The number of hydrogen-bond acceptors (Lipinski definition) is 4. The average Bonchev–Trinajstić information content (AvgIpc) is 2.68. The minimum Gasteiger partial charge on any atom is -0.457 e. The molecule has 2 heterocycles. The number of aromatic nitrogens is 1. The molecule has 25 heavy (non-hydrogen) atoms. The van der Waals surface area contributed by atoms with Crippen LogP contribution in [0.3, 0.4) is 0 Å². The molecule has 1 aromatic carbocycles. The Hall–Kier alpha value is -2.40. The van der Waals surface area contributed by atoms with Gasteiger partial charge in [0.15, 0.2) is 0 Å². The molecule has 0 bridgehead atoms. The van der Waals surface area contributed by atoms with E-state index < -0.39 is 0 Å². The largest absolute Gasteiger partial charge is 0.457 e. The van der Waals surface area contributed by atoms with E-state index in [1.807, 2.05) is 36.1 Å². The first-order chi connectivity index (χ1) is 12.3. The molecule has 1 aliphatic rings. The first-order valence-electron chi connectivity index (χ1n) is 8.81. The zero-order valence-corrected chi connectivity index (χ0v) is 14.6. The second-order valence-corrected chi connectivity index (χ2v) is 6.20. The maximum absolute atomic E-state index is 12.6. The van der Waals surface area contributed by atoms with Gasteiger partial charge < -0.3 is 14.4 Å². The summed E-state index contributed by atoms with van der Waals surface area (Å²) in [6.45, 7) is 5.17. The predicted molar refractivity (Wildman–Crippen MR) is 95.9 cm³/mol. The lowest BCUT2D eigenvalue weighted by molar-refractivity contribution is 0.0551. The Kier molecular flexibility index (Phi) is 6.01. The Labute approximate surface area is 148 Å². The number of hydrogen-bond donors (Lipinski definition) is 0. The van der Waals surface area contributed by atoms with Gasteiger partial charge in [0.2, 0.25) is 0 Å². The molecule has 2 aromatic rings. The number of pyridine rings is 1. The standard InChI is InChI=1S/C20H24N2O3/c1-2-24-15-16-9-13-22(14-10-16)20(23)17-3-5-18(6-4-17)25-19-7-11-21-12-8-19/h3-8,11-12,16H,2,9-10,13-15H2,1H3. The van der Waals surface area contributed by atoms with Crippen LogP contribution in [0, 0.1) is 5.92 Å². The van der Waals surface area contributed by atoms with Gasteiger partial charge in [-0.1, -0.05) is 0 Å². The number of rotatable bonds is 6. The quantitative estimate of drug-likeness (QED) is 0.803. The van der Waals surface area contributed by atoms with Gasteiger partial charge in [-0.15, -0.1) is 0 Å². The highest BCUT2D eigenvalue weighted by Gasteiger charge is 2.23. The van der Waals surface area contributed by atoms with Crippen LogP contribution < -0.4 is 4.74 Å². The zero-order chi connectivity index (χ0) is 17.5. The number of piperidine rings is 1. The van der Waals surface area contributed by atoms with E-state index >= 15 is 0 Å². The van der Waals surface area contributed by atoms with Crippen molar-refractivity contribution in [3.8, 4) is 11.5 Å². The van der Waals surface area contributed by atoms with Gasteiger partial charge in [0.1, 0.15) is 11.5 Å². The van der Waals surface area contributed by atoms with Crippen molar-refractivity contribution in [1.29, 1.82) is 0 Å². The van der Waals surface area contributed by atoms with Crippen LogP contribution in [-0.4, -0.2) is 42.1 Å². The molecular formula is C20H24N2O3. The monoisotopic (exact) mass is 340 g/mol. The molecule has 1 saturated heterocycles. The van der Waals surface area contributed by atoms with Gasteiger partial charge in [-0.3, -0.25) is 9.78 Å². The molecule has 0 saturated carbocycles. The Morgan fingerprint density at radius 1 is 1.08 bits per heavy atom. The Morgan fingerprint density at radius 2 is 1.72 bits per heavy atom. The third-order valence-electron chi connectivity index (χ3n) is 4.45. The molecule has 0 aliphatic carbocycles. The highest BCUT2D eigenvalue weighted by molar-refractivity contribution is 5.94. The van der Waals surface area contributed by atoms with Gasteiger partial charge in [-0.2, -0.15) is 0 Å².